The summed E-state index contributed by atoms with van der Waals surface area (Å²) in [7, 11) is 1.29. The molecule has 0 saturated carbocycles. The van der Waals surface area contributed by atoms with Crippen molar-refractivity contribution in [3.63, 3.8) is 0 Å². The van der Waals surface area contributed by atoms with E-state index in [0.717, 1.165) is 0 Å². The zero-order chi connectivity index (χ0) is 15.8. The third-order valence-electron chi connectivity index (χ3n) is 2.85. The number of ether oxygens (including phenoxy) is 1. The molecule has 114 valence electrons. The van der Waals surface area contributed by atoms with Crippen molar-refractivity contribution in [3.05, 3.63) is 35.6 Å². The molecule has 1 atom stereocenters. The number of Topliss-reactive ketones (excluding diaryl/α,β-unsaturated/α-hetero) is 1. The van der Waals surface area contributed by atoms with Gasteiger partial charge in [0.15, 0.2) is 5.71 Å². The highest BCUT2D eigenvalue weighted by Gasteiger charge is 2.29. The van der Waals surface area contributed by atoms with Crippen molar-refractivity contribution < 1.29 is 23.6 Å². The summed E-state index contributed by atoms with van der Waals surface area (Å²) in [6, 6.07) is 5.70. The Morgan fingerprint density at radius 1 is 1.29 bits per heavy atom. The number of nitrogens with zero attached hydrogens (tertiary/aromatic N) is 1. The van der Waals surface area contributed by atoms with Crippen molar-refractivity contribution in [1.82, 2.24) is 0 Å². The van der Waals surface area contributed by atoms with Crippen LogP contribution in [0.5, 0.6) is 0 Å². The van der Waals surface area contributed by atoms with Gasteiger partial charge in [0.1, 0.15) is 18.7 Å². The number of halogens is 1. The average Bonchev–Trinajstić information content (AvgIpc) is 2.44. The number of oxime groups is 1. The lowest BCUT2D eigenvalue weighted by atomic mass is 9.91. The molecule has 1 aromatic rings. The largest absolute Gasteiger partial charge is 0.461 e. The van der Waals surface area contributed by atoms with Crippen LogP contribution in [0.15, 0.2) is 29.4 Å². The van der Waals surface area contributed by atoms with Crippen LogP contribution >= 0.6 is 0 Å². The van der Waals surface area contributed by atoms with Crippen LogP contribution in [0.1, 0.15) is 19.4 Å². The van der Waals surface area contributed by atoms with E-state index in [0.29, 0.717) is 5.56 Å². The normalized spacial score (nSPS) is 12.7. The molecule has 0 spiro atoms. The maximum Gasteiger partial charge on any atom is 0.356 e. The summed E-state index contributed by atoms with van der Waals surface area (Å²) in [5, 5.41) is 3.63. The molecular weight excluding hydrogens is 277 g/mol. The van der Waals surface area contributed by atoms with Crippen LogP contribution < -0.4 is 0 Å². The molecule has 0 aliphatic heterocycles. The molecule has 0 fully saturated rings. The van der Waals surface area contributed by atoms with E-state index in [4.69, 9.17) is 4.74 Å². The molecule has 0 amide bonds. The molecule has 21 heavy (non-hydrogen) atoms. The van der Waals surface area contributed by atoms with Gasteiger partial charge in [-0.15, -0.1) is 0 Å². The van der Waals surface area contributed by atoms with Crippen molar-refractivity contribution in [2.45, 2.75) is 20.3 Å². The highest BCUT2D eigenvalue weighted by molar-refractivity contribution is 6.40. The van der Waals surface area contributed by atoms with Gasteiger partial charge in [0, 0.05) is 0 Å². The van der Waals surface area contributed by atoms with Gasteiger partial charge in [-0.05, 0) is 38.0 Å². The molecule has 0 aliphatic rings. The van der Waals surface area contributed by atoms with E-state index >= 15 is 0 Å². The van der Waals surface area contributed by atoms with E-state index in [-0.39, 0.29) is 30.3 Å². The summed E-state index contributed by atoms with van der Waals surface area (Å²) >= 11 is 0. The van der Waals surface area contributed by atoms with E-state index in [1.807, 2.05) is 0 Å². The van der Waals surface area contributed by atoms with Crippen LogP contribution in [0.2, 0.25) is 0 Å². The van der Waals surface area contributed by atoms with Gasteiger partial charge in [-0.2, -0.15) is 0 Å². The Bertz CT molecular complexity index is 525. The Kier molecular flexibility index (Phi) is 6.52. The number of hydrogen-bond donors (Lipinski definition) is 0. The summed E-state index contributed by atoms with van der Waals surface area (Å²) in [4.78, 5) is 28.3. The maximum atomic E-state index is 12.9. The monoisotopic (exact) mass is 295 g/mol. The number of rotatable bonds is 7. The van der Waals surface area contributed by atoms with Gasteiger partial charge in [-0.1, -0.05) is 17.3 Å². The maximum absolute atomic E-state index is 12.9. The molecule has 0 aliphatic carbocycles. The highest BCUT2D eigenvalue weighted by Crippen LogP contribution is 2.14. The van der Waals surface area contributed by atoms with Gasteiger partial charge in [0.05, 0.1) is 12.5 Å². The minimum absolute atomic E-state index is 0.0869. The third kappa shape index (κ3) is 4.98. The molecule has 0 aromatic heterocycles. The summed E-state index contributed by atoms with van der Waals surface area (Å²) in [6.07, 6.45) is 0.219. The molecule has 0 bridgehead atoms. The Labute approximate surface area is 122 Å². The van der Waals surface area contributed by atoms with Gasteiger partial charge in [0.25, 0.3) is 0 Å². The average molecular weight is 295 g/mol. The molecular formula is C15H18FNO4. The molecule has 0 heterocycles. The number of carbonyl (C=O) groups is 2. The second-order valence-electron chi connectivity index (χ2n) is 4.37. The lowest BCUT2D eigenvalue weighted by Gasteiger charge is -2.15. The van der Waals surface area contributed by atoms with Gasteiger partial charge in [0.2, 0.25) is 0 Å². The molecule has 1 aromatic carbocycles. The molecule has 5 nitrogen and oxygen atoms in total. The van der Waals surface area contributed by atoms with Gasteiger partial charge in [-0.3, -0.25) is 4.79 Å². The number of hydrogen-bond acceptors (Lipinski definition) is 5. The summed E-state index contributed by atoms with van der Waals surface area (Å²) in [5.74, 6) is -2.10. The lowest BCUT2D eigenvalue weighted by molar-refractivity contribution is -0.136. The minimum Gasteiger partial charge on any atom is -0.461 e. The van der Waals surface area contributed by atoms with Crippen molar-refractivity contribution in [2.24, 2.45) is 11.1 Å². The first kappa shape index (κ1) is 16.8. The molecule has 1 unspecified atom stereocenters. The fraction of sp³-hybridized carbons (Fsp3) is 0.400. The first-order valence-corrected chi connectivity index (χ1v) is 6.52. The second-order valence-corrected chi connectivity index (χ2v) is 4.37. The zero-order valence-electron chi connectivity index (χ0n) is 12.3. The Morgan fingerprint density at radius 3 is 2.38 bits per heavy atom. The Balaban J connectivity index is 3.02. The van der Waals surface area contributed by atoms with E-state index in [2.05, 4.69) is 9.99 Å². The number of benzene rings is 1. The molecule has 0 saturated heterocycles. The van der Waals surface area contributed by atoms with E-state index in [1.54, 1.807) is 19.1 Å². The molecule has 0 N–H and O–H groups in total. The van der Waals surface area contributed by atoms with E-state index < -0.39 is 11.9 Å². The quantitative estimate of drug-likeness (QED) is 0.439. The smallest absolute Gasteiger partial charge is 0.356 e. The number of ketones is 1. The van der Waals surface area contributed by atoms with Crippen LogP contribution in [0.3, 0.4) is 0 Å². The first-order chi connectivity index (χ1) is 9.99. The molecule has 0 radical (unpaired) electrons. The lowest BCUT2D eigenvalue weighted by Crippen LogP contribution is -2.32. The predicted molar refractivity (Wildman–Crippen MR) is 75.4 cm³/mol. The van der Waals surface area contributed by atoms with Gasteiger partial charge in [-0.25, -0.2) is 9.18 Å². The number of carbonyl (C=O) groups excluding carboxylic acids is 2. The van der Waals surface area contributed by atoms with E-state index in [9.17, 15) is 14.0 Å². The Hall–Kier alpha value is -2.24. The highest BCUT2D eigenvalue weighted by atomic mass is 19.1. The fourth-order valence-electron chi connectivity index (χ4n) is 1.84. The topological polar surface area (TPSA) is 65.0 Å². The summed E-state index contributed by atoms with van der Waals surface area (Å²) < 4.78 is 17.8. The molecule has 6 heteroatoms. The predicted octanol–water partition coefficient (Wildman–Crippen LogP) is 2.14. The van der Waals surface area contributed by atoms with Crippen LogP contribution in [0, 0.1) is 11.7 Å². The van der Waals surface area contributed by atoms with Gasteiger partial charge < -0.3 is 9.57 Å². The SMILES string of the molecule is CCOC(=O)C(=NOC)C(Cc1ccc(F)cc1)C(C)=O. The van der Waals surface area contributed by atoms with Gasteiger partial charge >= 0.3 is 5.97 Å². The molecule has 1 rings (SSSR count). The third-order valence-corrected chi connectivity index (χ3v) is 2.85. The van der Waals surface area contributed by atoms with Crippen molar-refractivity contribution >= 4 is 17.5 Å². The van der Waals surface area contributed by atoms with Crippen LogP contribution in [-0.4, -0.2) is 31.2 Å². The van der Waals surface area contributed by atoms with Crippen LogP contribution in [0.4, 0.5) is 4.39 Å². The fourth-order valence-corrected chi connectivity index (χ4v) is 1.84. The zero-order valence-corrected chi connectivity index (χ0v) is 12.3. The van der Waals surface area contributed by atoms with Crippen molar-refractivity contribution in [3.8, 4) is 0 Å². The Morgan fingerprint density at radius 2 is 1.90 bits per heavy atom. The number of esters is 1. The standard InChI is InChI=1S/C15H18FNO4/c1-4-21-15(19)14(17-20-3)13(10(2)18)9-11-5-7-12(16)8-6-11/h5-8,13H,4,9H2,1-3H3. The second kappa shape index (κ2) is 8.14. The first-order valence-electron chi connectivity index (χ1n) is 6.52. The van der Waals surface area contributed by atoms with Crippen molar-refractivity contribution in [1.29, 1.82) is 0 Å². The van der Waals surface area contributed by atoms with Crippen molar-refractivity contribution in [2.75, 3.05) is 13.7 Å². The van der Waals surface area contributed by atoms with Crippen LogP contribution in [-0.2, 0) is 25.6 Å². The summed E-state index contributed by atoms with van der Waals surface area (Å²) in [5.41, 5.74) is 0.626. The van der Waals surface area contributed by atoms with E-state index in [1.165, 1.54) is 26.2 Å². The minimum atomic E-state index is -0.797. The summed E-state index contributed by atoms with van der Waals surface area (Å²) in [6.45, 7) is 3.19. The van der Waals surface area contributed by atoms with Crippen LogP contribution in [0.25, 0.3) is 0 Å².